The van der Waals surface area contributed by atoms with Crippen LogP contribution in [0.4, 0.5) is 0 Å². The molecule has 0 spiro atoms. The van der Waals surface area contributed by atoms with Crippen LogP contribution in [0.3, 0.4) is 0 Å². The van der Waals surface area contributed by atoms with Crippen molar-refractivity contribution in [2.75, 3.05) is 0 Å². The van der Waals surface area contributed by atoms with Crippen LogP contribution in [0.25, 0.3) is 0 Å². The zero-order valence-corrected chi connectivity index (χ0v) is 14.9. The van der Waals surface area contributed by atoms with Crippen LogP contribution < -0.4 is 5.73 Å². The summed E-state index contributed by atoms with van der Waals surface area (Å²) in [6.45, 7) is 9.00. The lowest BCUT2D eigenvalue weighted by atomic mass is 9.79. The van der Waals surface area contributed by atoms with E-state index in [2.05, 4.69) is 32.7 Å². The highest BCUT2D eigenvalue weighted by atomic mass is 32.1. The van der Waals surface area contributed by atoms with Gasteiger partial charge >= 0.3 is 0 Å². The molecule has 1 aliphatic carbocycles. The zero-order valence-electron chi connectivity index (χ0n) is 14.1. The molecule has 1 heterocycles. The first-order valence-electron chi connectivity index (χ1n) is 8.44. The molecule has 1 aliphatic rings. The fraction of sp³-hybridized carbons (Fsp3) is 0.765. The Bertz CT molecular complexity index is 472. The van der Waals surface area contributed by atoms with Crippen molar-refractivity contribution in [2.24, 2.45) is 29.4 Å². The smallest absolute Gasteiger partial charge is 0.269 e. The number of hydrogen-bond donors (Lipinski definition) is 1. The third-order valence-corrected chi connectivity index (χ3v) is 5.64. The van der Waals surface area contributed by atoms with Crippen LogP contribution >= 0.6 is 12.2 Å². The first-order chi connectivity index (χ1) is 10.5. The SMILES string of the molecule is CCC(CC)C(N)[C@@H]1[C@H](OC(=S)n2ccnc2)[C@@H](C)C[C@H]1C. The molecule has 0 aromatic carbocycles. The topological polar surface area (TPSA) is 53.1 Å². The van der Waals surface area contributed by atoms with E-state index in [4.69, 9.17) is 22.7 Å². The molecule has 22 heavy (non-hydrogen) atoms. The number of aromatic nitrogens is 2. The highest BCUT2D eigenvalue weighted by Gasteiger charge is 2.45. The zero-order chi connectivity index (χ0) is 16.3. The van der Waals surface area contributed by atoms with Crippen LogP contribution in [0.2, 0.25) is 0 Å². The van der Waals surface area contributed by atoms with E-state index < -0.39 is 0 Å². The summed E-state index contributed by atoms with van der Waals surface area (Å²) in [5, 5.41) is 0.477. The third-order valence-electron chi connectivity index (χ3n) is 5.33. The molecule has 0 bridgehead atoms. The first-order valence-corrected chi connectivity index (χ1v) is 8.84. The molecule has 1 unspecified atom stereocenters. The van der Waals surface area contributed by atoms with Gasteiger partial charge in [0.05, 0.1) is 0 Å². The highest BCUT2D eigenvalue weighted by molar-refractivity contribution is 7.80. The van der Waals surface area contributed by atoms with Gasteiger partial charge in [0.25, 0.3) is 5.17 Å². The molecule has 1 saturated carbocycles. The van der Waals surface area contributed by atoms with Gasteiger partial charge in [-0.3, -0.25) is 4.57 Å². The van der Waals surface area contributed by atoms with Crippen LogP contribution in [0.15, 0.2) is 18.7 Å². The minimum Gasteiger partial charge on any atom is -0.466 e. The number of imidazole rings is 1. The van der Waals surface area contributed by atoms with Gasteiger partial charge in [-0.25, -0.2) is 4.98 Å². The summed E-state index contributed by atoms with van der Waals surface area (Å²) in [6, 6.07) is 0.172. The standard InChI is InChI=1S/C17H29N3OS/c1-5-13(6-2)15(18)14-11(3)9-12(4)16(14)21-17(22)20-8-7-19-10-20/h7-8,10-16H,5-6,9,18H2,1-4H3/t11-,12+,14-,15?,16-/m1/s1. The van der Waals surface area contributed by atoms with Crippen molar-refractivity contribution in [1.29, 1.82) is 0 Å². The van der Waals surface area contributed by atoms with Crippen LogP contribution in [0.5, 0.6) is 0 Å². The normalized spacial score (nSPS) is 29.7. The summed E-state index contributed by atoms with van der Waals surface area (Å²) in [5.41, 5.74) is 6.64. The van der Waals surface area contributed by atoms with Gasteiger partial charge < -0.3 is 10.5 Å². The summed E-state index contributed by atoms with van der Waals surface area (Å²) >= 11 is 5.42. The van der Waals surface area contributed by atoms with E-state index >= 15 is 0 Å². The summed E-state index contributed by atoms with van der Waals surface area (Å²) in [5.74, 6) is 1.95. The Morgan fingerprint density at radius 2 is 2.05 bits per heavy atom. The van der Waals surface area contributed by atoms with Crippen molar-refractivity contribution >= 4 is 17.4 Å². The van der Waals surface area contributed by atoms with Crippen molar-refractivity contribution in [2.45, 2.75) is 59.1 Å². The Hall–Kier alpha value is -0.940. The molecule has 0 saturated heterocycles. The minimum absolute atomic E-state index is 0.0977. The molecule has 0 amide bonds. The maximum Gasteiger partial charge on any atom is 0.269 e. The van der Waals surface area contributed by atoms with E-state index in [0.29, 0.717) is 28.8 Å². The Morgan fingerprint density at radius 1 is 1.36 bits per heavy atom. The molecule has 2 N–H and O–H groups in total. The monoisotopic (exact) mass is 323 g/mol. The van der Waals surface area contributed by atoms with Crippen molar-refractivity contribution in [3.63, 3.8) is 0 Å². The maximum atomic E-state index is 6.64. The Morgan fingerprint density at radius 3 is 2.59 bits per heavy atom. The minimum atomic E-state index is 0.0977. The van der Waals surface area contributed by atoms with Gasteiger partial charge in [-0.15, -0.1) is 0 Å². The Kier molecular flexibility index (Phi) is 5.98. The average Bonchev–Trinajstić information content (AvgIpc) is 3.09. The summed E-state index contributed by atoms with van der Waals surface area (Å²) in [4.78, 5) is 4.03. The summed E-state index contributed by atoms with van der Waals surface area (Å²) < 4.78 is 7.94. The van der Waals surface area contributed by atoms with E-state index in [0.717, 1.165) is 19.3 Å². The van der Waals surface area contributed by atoms with E-state index in [1.54, 1.807) is 17.1 Å². The predicted octanol–water partition coefficient (Wildman–Crippen LogP) is 3.46. The molecule has 5 heteroatoms. The van der Waals surface area contributed by atoms with Crippen molar-refractivity contribution in [1.82, 2.24) is 9.55 Å². The first kappa shape index (κ1) is 17.4. The average molecular weight is 324 g/mol. The highest BCUT2D eigenvalue weighted by Crippen LogP contribution is 2.42. The van der Waals surface area contributed by atoms with Crippen LogP contribution in [-0.2, 0) is 4.74 Å². The quantitative estimate of drug-likeness (QED) is 0.843. The Balaban J connectivity index is 2.14. The number of rotatable bonds is 5. The van der Waals surface area contributed by atoms with Crippen LogP contribution in [-0.4, -0.2) is 26.9 Å². The molecule has 0 aliphatic heterocycles. The van der Waals surface area contributed by atoms with E-state index in [1.807, 2.05) is 6.20 Å². The van der Waals surface area contributed by atoms with Gasteiger partial charge in [-0.2, -0.15) is 0 Å². The molecule has 1 aromatic heterocycles. The Labute approximate surface area is 139 Å². The molecular weight excluding hydrogens is 294 g/mol. The van der Waals surface area contributed by atoms with Crippen LogP contribution in [0.1, 0.15) is 47.0 Å². The second-order valence-corrected chi connectivity index (χ2v) is 7.09. The lowest BCUT2D eigenvalue weighted by molar-refractivity contribution is 0.0738. The second-order valence-electron chi connectivity index (χ2n) is 6.74. The number of ether oxygens (including phenoxy) is 1. The number of hydrogen-bond acceptors (Lipinski definition) is 4. The number of nitrogens with zero attached hydrogens (tertiary/aromatic N) is 2. The molecule has 2 rings (SSSR count). The van der Waals surface area contributed by atoms with Crippen LogP contribution in [0, 0.1) is 23.7 Å². The van der Waals surface area contributed by atoms with Gasteiger partial charge in [0.15, 0.2) is 0 Å². The van der Waals surface area contributed by atoms with Gasteiger partial charge in [-0.05, 0) is 36.4 Å². The lowest BCUT2D eigenvalue weighted by Gasteiger charge is -2.34. The van der Waals surface area contributed by atoms with E-state index in [9.17, 15) is 0 Å². The number of nitrogens with two attached hydrogens (primary N) is 1. The van der Waals surface area contributed by atoms with Crippen molar-refractivity contribution < 1.29 is 4.74 Å². The van der Waals surface area contributed by atoms with Gasteiger partial charge in [0.1, 0.15) is 12.4 Å². The fourth-order valence-electron chi connectivity index (χ4n) is 4.07. The predicted molar refractivity (Wildman–Crippen MR) is 93.6 cm³/mol. The second kappa shape index (κ2) is 7.55. The largest absolute Gasteiger partial charge is 0.466 e. The van der Waals surface area contributed by atoms with E-state index in [-0.39, 0.29) is 12.1 Å². The molecule has 1 fully saturated rings. The van der Waals surface area contributed by atoms with E-state index in [1.165, 1.54) is 0 Å². The number of thiocarbonyl (C=S) groups is 1. The lowest BCUT2D eigenvalue weighted by Crippen LogP contribution is -2.45. The molecule has 124 valence electrons. The summed E-state index contributed by atoms with van der Waals surface area (Å²) in [7, 11) is 0. The summed E-state index contributed by atoms with van der Waals surface area (Å²) in [6.07, 6.45) is 8.70. The third kappa shape index (κ3) is 3.51. The van der Waals surface area contributed by atoms with Crippen molar-refractivity contribution in [3.05, 3.63) is 18.7 Å². The van der Waals surface area contributed by atoms with Gasteiger partial charge in [0.2, 0.25) is 0 Å². The van der Waals surface area contributed by atoms with Gasteiger partial charge in [0, 0.05) is 24.4 Å². The molecule has 0 radical (unpaired) electrons. The molecule has 1 aromatic rings. The molecule has 5 atom stereocenters. The van der Waals surface area contributed by atoms with Gasteiger partial charge in [-0.1, -0.05) is 40.5 Å². The maximum absolute atomic E-state index is 6.64. The molecule has 4 nitrogen and oxygen atoms in total. The van der Waals surface area contributed by atoms with Crippen molar-refractivity contribution in [3.8, 4) is 0 Å². The fourth-order valence-corrected chi connectivity index (χ4v) is 4.28. The molecular formula is C17H29N3OS.